The third kappa shape index (κ3) is 6.23. The second-order valence-electron chi connectivity index (χ2n) is 10.6. The molecule has 0 atom stereocenters. The van der Waals surface area contributed by atoms with Crippen LogP contribution in [-0.4, -0.2) is 26.5 Å². The summed E-state index contributed by atoms with van der Waals surface area (Å²) in [6, 6.07) is 31.9. The normalized spacial score (nSPS) is 14.1. The Morgan fingerprint density at radius 3 is 2.41 bits per heavy atom. The van der Waals surface area contributed by atoms with E-state index in [1.807, 2.05) is 84.9 Å². The monoisotopic (exact) mass is 628 g/mol. The topological polar surface area (TPSA) is 88.2 Å². The number of carbonyl (C=O) groups is 2. The van der Waals surface area contributed by atoms with E-state index in [-0.39, 0.29) is 29.9 Å². The van der Waals surface area contributed by atoms with Gasteiger partial charge in [0.05, 0.1) is 12.2 Å². The van der Waals surface area contributed by atoms with Crippen molar-refractivity contribution >= 4 is 29.5 Å². The van der Waals surface area contributed by atoms with Crippen LogP contribution < -0.4 is 4.74 Å². The SMILES string of the molecule is CC1=C(C#N)C(=O)N(Cc2ccc(F)cc2)C(=O)/C1=C/c1cn(-c2ccccc2)nc1-c1cccc(OCc2ccccc2Cl)c1. The number of carbonyl (C=O) groups excluding carboxylic acids is 2. The predicted molar refractivity (Wildman–Crippen MR) is 173 cm³/mol. The first-order chi connectivity index (χ1) is 22.3. The third-order valence-electron chi connectivity index (χ3n) is 7.60. The lowest BCUT2D eigenvalue weighted by Crippen LogP contribution is -2.42. The average molecular weight is 629 g/mol. The molecular weight excluding hydrogens is 603 g/mol. The molecule has 0 radical (unpaired) electrons. The molecule has 1 aliphatic rings. The van der Waals surface area contributed by atoms with Crippen molar-refractivity contribution < 1.29 is 18.7 Å². The summed E-state index contributed by atoms with van der Waals surface area (Å²) < 4.78 is 21.3. The molecule has 7 nitrogen and oxygen atoms in total. The number of aromatic nitrogens is 2. The van der Waals surface area contributed by atoms with Crippen molar-refractivity contribution in [3.8, 4) is 28.8 Å². The molecule has 1 aromatic heterocycles. The maximum Gasteiger partial charge on any atom is 0.271 e. The summed E-state index contributed by atoms with van der Waals surface area (Å²) in [5.74, 6) is -1.11. The Labute approximate surface area is 270 Å². The largest absolute Gasteiger partial charge is 0.489 e. The number of halogens is 2. The van der Waals surface area contributed by atoms with Crippen LogP contribution in [0.25, 0.3) is 23.0 Å². The molecule has 9 heteroatoms. The highest BCUT2D eigenvalue weighted by Gasteiger charge is 2.35. The second-order valence-corrected chi connectivity index (χ2v) is 11.0. The number of nitriles is 1. The molecule has 0 N–H and O–H groups in total. The van der Waals surface area contributed by atoms with Gasteiger partial charge in [0.25, 0.3) is 11.8 Å². The maximum atomic E-state index is 13.9. The van der Waals surface area contributed by atoms with Crippen LogP contribution in [0.4, 0.5) is 4.39 Å². The number of amides is 2. The van der Waals surface area contributed by atoms with Crippen LogP contribution in [0.3, 0.4) is 0 Å². The van der Waals surface area contributed by atoms with Crippen molar-refractivity contribution in [1.82, 2.24) is 14.7 Å². The van der Waals surface area contributed by atoms with Crippen molar-refractivity contribution in [2.75, 3.05) is 0 Å². The zero-order valence-electron chi connectivity index (χ0n) is 24.7. The molecule has 0 aliphatic carbocycles. The number of imide groups is 1. The summed E-state index contributed by atoms with van der Waals surface area (Å²) >= 11 is 6.32. The number of nitrogens with zero attached hydrogens (tertiary/aromatic N) is 4. The Kier molecular flexibility index (Phi) is 8.59. The number of hydrogen-bond donors (Lipinski definition) is 0. The first-order valence-electron chi connectivity index (χ1n) is 14.4. The van der Waals surface area contributed by atoms with Gasteiger partial charge in [0.2, 0.25) is 0 Å². The van der Waals surface area contributed by atoms with Gasteiger partial charge in [-0.2, -0.15) is 10.4 Å². The van der Waals surface area contributed by atoms with Crippen molar-refractivity contribution in [3.05, 3.63) is 154 Å². The number of para-hydroxylation sites is 1. The van der Waals surface area contributed by atoms with Crippen LogP contribution in [-0.2, 0) is 22.7 Å². The molecule has 0 bridgehead atoms. The summed E-state index contributed by atoms with van der Waals surface area (Å²) in [5, 5.41) is 15.4. The van der Waals surface area contributed by atoms with Crippen LogP contribution >= 0.6 is 11.6 Å². The van der Waals surface area contributed by atoms with Gasteiger partial charge < -0.3 is 4.74 Å². The van der Waals surface area contributed by atoms with E-state index in [0.717, 1.165) is 21.7 Å². The smallest absolute Gasteiger partial charge is 0.271 e. The first-order valence-corrected chi connectivity index (χ1v) is 14.8. The van der Waals surface area contributed by atoms with E-state index in [9.17, 15) is 19.2 Å². The number of benzene rings is 4. The van der Waals surface area contributed by atoms with E-state index < -0.39 is 17.6 Å². The second kappa shape index (κ2) is 13.1. The summed E-state index contributed by atoms with van der Waals surface area (Å²) in [6.07, 6.45) is 3.44. The Morgan fingerprint density at radius 1 is 0.935 bits per heavy atom. The molecule has 1 aliphatic heterocycles. The zero-order chi connectivity index (χ0) is 32.2. The minimum atomic E-state index is -0.699. The third-order valence-corrected chi connectivity index (χ3v) is 7.97. The van der Waals surface area contributed by atoms with E-state index in [4.69, 9.17) is 21.4 Å². The number of hydrogen-bond acceptors (Lipinski definition) is 5. The molecule has 2 amide bonds. The quantitative estimate of drug-likeness (QED) is 0.130. The molecular formula is C37H26ClFN4O3. The van der Waals surface area contributed by atoms with Gasteiger partial charge in [-0.05, 0) is 66.6 Å². The maximum absolute atomic E-state index is 13.9. The lowest BCUT2D eigenvalue weighted by molar-refractivity contribution is -0.141. The van der Waals surface area contributed by atoms with Gasteiger partial charge in [-0.1, -0.05) is 72.3 Å². The summed E-state index contributed by atoms with van der Waals surface area (Å²) in [7, 11) is 0. The van der Waals surface area contributed by atoms with E-state index in [0.29, 0.717) is 27.6 Å². The molecule has 226 valence electrons. The summed E-state index contributed by atoms with van der Waals surface area (Å²) in [6.45, 7) is 1.74. The lowest BCUT2D eigenvalue weighted by atomic mass is 9.93. The molecule has 46 heavy (non-hydrogen) atoms. The van der Waals surface area contributed by atoms with Gasteiger partial charge in [0.1, 0.15) is 35.5 Å². The highest BCUT2D eigenvalue weighted by atomic mass is 35.5. The van der Waals surface area contributed by atoms with Crippen LogP contribution in [0.15, 0.2) is 126 Å². The van der Waals surface area contributed by atoms with Crippen LogP contribution in [0.2, 0.25) is 5.02 Å². The van der Waals surface area contributed by atoms with E-state index in [1.54, 1.807) is 23.9 Å². The van der Waals surface area contributed by atoms with Crippen molar-refractivity contribution in [2.45, 2.75) is 20.1 Å². The van der Waals surface area contributed by atoms with Crippen molar-refractivity contribution in [1.29, 1.82) is 5.26 Å². The van der Waals surface area contributed by atoms with Gasteiger partial charge in [0.15, 0.2) is 0 Å². The minimum absolute atomic E-state index is 0.116. The predicted octanol–water partition coefficient (Wildman–Crippen LogP) is 7.70. The Hall–Kier alpha value is -5.78. The Morgan fingerprint density at radius 2 is 1.67 bits per heavy atom. The molecule has 0 fully saturated rings. The zero-order valence-corrected chi connectivity index (χ0v) is 25.4. The lowest BCUT2D eigenvalue weighted by Gasteiger charge is -2.27. The fraction of sp³-hybridized carbons (Fsp3) is 0.0811. The molecule has 6 rings (SSSR count). The van der Waals surface area contributed by atoms with E-state index >= 15 is 0 Å². The molecule has 2 heterocycles. The first kappa shape index (κ1) is 30.3. The summed E-state index contributed by atoms with van der Waals surface area (Å²) in [5.41, 5.74) is 4.37. The highest BCUT2D eigenvalue weighted by molar-refractivity contribution is 6.31. The van der Waals surface area contributed by atoms with Crippen molar-refractivity contribution in [3.63, 3.8) is 0 Å². The van der Waals surface area contributed by atoms with Gasteiger partial charge in [-0.15, -0.1) is 0 Å². The summed E-state index contributed by atoms with van der Waals surface area (Å²) in [4.78, 5) is 28.1. The molecule has 0 saturated heterocycles. The van der Waals surface area contributed by atoms with Gasteiger partial charge in [0, 0.05) is 33.5 Å². The molecule has 0 saturated carbocycles. The molecule has 5 aromatic rings. The van der Waals surface area contributed by atoms with Crippen LogP contribution in [0.1, 0.15) is 23.6 Å². The van der Waals surface area contributed by atoms with Gasteiger partial charge in [-0.25, -0.2) is 9.07 Å². The number of ether oxygens (including phenoxy) is 1. The number of rotatable bonds is 8. The fourth-order valence-electron chi connectivity index (χ4n) is 5.14. The highest BCUT2D eigenvalue weighted by Crippen LogP contribution is 2.33. The Bertz CT molecular complexity index is 2060. The molecule has 0 unspecified atom stereocenters. The average Bonchev–Trinajstić information content (AvgIpc) is 3.50. The van der Waals surface area contributed by atoms with Crippen molar-refractivity contribution in [2.24, 2.45) is 0 Å². The van der Waals surface area contributed by atoms with Crippen LogP contribution in [0, 0.1) is 17.1 Å². The van der Waals surface area contributed by atoms with Crippen LogP contribution in [0.5, 0.6) is 5.75 Å². The minimum Gasteiger partial charge on any atom is -0.489 e. The van der Waals surface area contributed by atoms with E-state index in [2.05, 4.69) is 0 Å². The fourth-order valence-corrected chi connectivity index (χ4v) is 5.33. The Balaban J connectivity index is 1.42. The van der Waals surface area contributed by atoms with Gasteiger partial charge >= 0.3 is 0 Å². The molecule has 0 spiro atoms. The van der Waals surface area contributed by atoms with E-state index in [1.165, 1.54) is 24.3 Å². The molecule has 4 aromatic carbocycles. The van der Waals surface area contributed by atoms with Gasteiger partial charge in [-0.3, -0.25) is 14.5 Å². The standard InChI is InChI=1S/C37H26ClFN4O3/c1-24-32(36(44)42(37(45)33(24)20-40)21-25-14-16-29(39)17-15-25)19-28-22-43(30-10-3-2-4-11-30)41-35(28)26-9-7-12-31(18-26)46-23-27-8-5-6-13-34(27)38/h2-19,22H,21,23H2,1H3/b32-19+.